The molecule has 3 N–H and O–H groups in total. The molecule has 1 amide bonds. The molecule has 240 valence electrons. The van der Waals surface area contributed by atoms with Gasteiger partial charge in [0, 0.05) is 66.9 Å². The molecule has 0 radical (unpaired) electrons. The van der Waals surface area contributed by atoms with Crippen molar-refractivity contribution in [1.82, 2.24) is 19.8 Å². The van der Waals surface area contributed by atoms with Gasteiger partial charge in [0.2, 0.25) is 5.91 Å². The lowest BCUT2D eigenvalue weighted by Crippen LogP contribution is -2.45. The third-order valence-electron chi connectivity index (χ3n) is 11.0. The number of hydrogen-bond acceptors (Lipinski definition) is 3. The van der Waals surface area contributed by atoms with Gasteiger partial charge >= 0.3 is 0 Å². The molecule has 4 aromatic rings. The van der Waals surface area contributed by atoms with Crippen LogP contribution in [0, 0.1) is 13.8 Å². The summed E-state index contributed by atoms with van der Waals surface area (Å²) < 4.78 is 0. The zero-order chi connectivity index (χ0) is 32.2. The highest BCUT2D eigenvalue weighted by molar-refractivity contribution is 5.95. The van der Waals surface area contributed by atoms with Crippen LogP contribution in [0.3, 0.4) is 0 Å². The highest BCUT2D eigenvalue weighted by Crippen LogP contribution is 2.43. The molecule has 0 aliphatic carbocycles. The van der Waals surface area contributed by atoms with E-state index >= 15 is 0 Å². The number of aliphatic imine (C=N–C) groups is 1. The first-order chi connectivity index (χ1) is 22.1. The van der Waals surface area contributed by atoms with Crippen LogP contribution < -0.4 is 5.73 Å². The first-order valence-electron chi connectivity index (χ1n) is 17.1. The summed E-state index contributed by atoms with van der Waals surface area (Å²) in [5, 5.41) is 1.16. The van der Waals surface area contributed by atoms with Crippen molar-refractivity contribution in [2.75, 3.05) is 19.6 Å². The van der Waals surface area contributed by atoms with Crippen molar-refractivity contribution in [2.45, 2.75) is 96.1 Å². The average molecular weight is 617 g/mol. The van der Waals surface area contributed by atoms with Gasteiger partial charge in [0.05, 0.1) is 11.1 Å². The van der Waals surface area contributed by atoms with E-state index in [1.165, 1.54) is 27.8 Å². The number of guanidine groups is 1. The molecule has 0 saturated carbocycles. The van der Waals surface area contributed by atoms with Gasteiger partial charge in [-0.15, -0.1) is 0 Å². The van der Waals surface area contributed by atoms with Crippen molar-refractivity contribution in [1.29, 1.82) is 0 Å². The first-order valence-corrected chi connectivity index (χ1v) is 17.1. The van der Waals surface area contributed by atoms with E-state index in [0.29, 0.717) is 30.5 Å². The van der Waals surface area contributed by atoms with Gasteiger partial charge in [-0.2, -0.15) is 0 Å². The van der Waals surface area contributed by atoms with E-state index in [0.717, 1.165) is 67.4 Å². The van der Waals surface area contributed by atoms with Gasteiger partial charge in [-0.1, -0.05) is 30.2 Å². The maximum absolute atomic E-state index is 14.1. The van der Waals surface area contributed by atoms with Crippen LogP contribution in [0.4, 0.5) is 0 Å². The Balaban J connectivity index is 1.22. The molecular formula is C39H48N6O. The molecule has 2 aromatic heterocycles. The van der Waals surface area contributed by atoms with E-state index in [1.54, 1.807) is 0 Å². The van der Waals surface area contributed by atoms with Gasteiger partial charge < -0.3 is 20.5 Å². The zero-order valence-electron chi connectivity index (χ0n) is 28.0. The molecule has 7 rings (SSSR count). The number of nitrogens with one attached hydrogen (secondary N) is 1. The number of benzene rings is 2. The van der Waals surface area contributed by atoms with Crippen LogP contribution in [0.25, 0.3) is 22.2 Å². The number of aromatic nitrogens is 2. The Kier molecular flexibility index (Phi) is 7.90. The molecule has 3 saturated heterocycles. The normalized spacial score (nSPS) is 22.3. The van der Waals surface area contributed by atoms with Gasteiger partial charge in [0.15, 0.2) is 5.96 Å². The largest absolute Gasteiger partial charge is 0.370 e. The Morgan fingerprint density at radius 2 is 1.67 bits per heavy atom. The highest BCUT2D eigenvalue weighted by Gasteiger charge is 2.47. The van der Waals surface area contributed by atoms with Crippen molar-refractivity contribution < 1.29 is 4.79 Å². The Labute approximate surface area is 273 Å². The Bertz CT molecular complexity index is 1750. The molecule has 0 spiro atoms. The lowest BCUT2D eigenvalue weighted by molar-refractivity contribution is -0.137. The Morgan fingerprint density at radius 3 is 2.35 bits per heavy atom. The molecule has 3 fully saturated rings. The number of aryl methyl sites for hydroxylation is 2. The van der Waals surface area contributed by atoms with Crippen LogP contribution >= 0.6 is 0 Å². The van der Waals surface area contributed by atoms with E-state index in [1.807, 2.05) is 12.4 Å². The molecular weight excluding hydrogens is 568 g/mol. The third kappa shape index (κ3) is 5.48. The minimum Gasteiger partial charge on any atom is -0.370 e. The predicted octanol–water partition coefficient (Wildman–Crippen LogP) is 7.19. The molecule has 3 aliphatic heterocycles. The second-order valence-corrected chi connectivity index (χ2v) is 14.7. The molecule has 2 bridgehead atoms. The van der Waals surface area contributed by atoms with E-state index in [2.05, 4.69) is 103 Å². The van der Waals surface area contributed by atoms with E-state index < -0.39 is 5.41 Å². The number of aromatic amines is 1. The van der Waals surface area contributed by atoms with Crippen molar-refractivity contribution in [2.24, 2.45) is 10.7 Å². The SMILES string of the molecule is Cc1cc(C)cc(-c2[nH]c3ccc(C(C)(C)C(=O)N4C5CCC4CC5)cc3c2C(C)CN=C(N)N2CCC(c3ccncc3)C2)c1. The number of nitrogens with two attached hydrogens (primary N) is 1. The van der Waals surface area contributed by atoms with Gasteiger partial charge in [-0.05, 0) is 118 Å². The fourth-order valence-corrected chi connectivity index (χ4v) is 8.45. The van der Waals surface area contributed by atoms with Crippen LogP contribution in [0.1, 0.15) is 92.5 Å². The molecule has 46 heavy (non-hydrogen) atoms. The number of carbonyl (C=O) groups excluding carboxylic acids is 1. The summed E-state index contributed by atoms with van der Waals surface area (Å²) in [6, 6.07) is 18.4. The summed E-state index contributed by atoms with van der Waals surface area (Å²) >= 11 is 0. The number of fused-ring (bicyclic) bond motifs is 3. The van der Waals surface area contributed by atoms with Crippen molar-refractivity contribution >= 4 is 22.8 Å². The summed E-state index contributed by atoms with van der Waals surface area (Å²) in [6.07, 6.45) is 9.39. The smallest absolute Gasteiger partial charge is 0.233 e. The van der Waals surface area contributed by atoms with Gasteiger partial charge in [0.1, 0.15) is 0 Å². The topological polar surface area (TPSA) is 90.6 Å². The Hall–Kier alpha value is -4.13. The molecule has 3 aliphatic rings. The number of nitrogens with zero attached hydrogens (tertiary/aromatic N) is 4. The quantitative estimate of drug-likeness (QED) is 0.170. The number of carbonyl (C=O) groups is 1. The number of pyridine rings is 1. The standard InChI is InChI=1S/C39H48N6O/c1-24-18-25(2)20-29(19-24)36-35(26(3)22-42-38(40)44-17-14-28(23-44)27-12-15-41-16-13-27)33-21-30(6-11-34(33)43-36)39(4,5)37(46)45-31-7-8-32(45)10-9-31/h6,11-13,15-16,18-21,26,28,31-32,43H,7-10,14,17,22-23H2,1-5H3,(H2,40,42). The van der Waals surface area contributed by atoms with Crippen molar-refractivity contribution in [3.63, 3.8) is 0 Å². The summed E-state index contributed by atoms with van der Waals surface area (Å²) in [7, 11) is 0. The lowest BCUT2D eigenvalue weighted by atomic mass is 9.81. The maximum atomic E-state index is 14.1. The van der Waals surface area contributed by atoms with Gasteiger partial charge in [-0.25, -0.2) is 0 Å². The average Bonchev–Trinajstić information content (AvgIpc) is 3.86. The van der Waals surface area contributed by atoms with Crippen LogP contribution in [0.5, 0.6) is 0 Å². The van der Waals surface area contributed by atoms with Crippen molar-refractivity contribution in [3.05, 3.63) is 88.7 Å². The first kappa shape index (κ1) is 30.5. The van der Waals surface area contributed by atoms with Crippen molar-refractivity contribution in [3.8, 4) is 11.3 Å². The number of likely N-dealkylation sites (tertiary alicyclic amines) is 1. The number of rotatable bonds is 7. The molecule has 7 nitrogen and oxygen atoms in total. The second-order valence-electron chi connectivity index (χ2n) is 14.7. The predicted molar refractivity (Wildman–Crippen MR) is 187 cm³/mol. The lowest BCUT2D eigenvalue weighted by Gasteiger charge is -2.33. The summed E-state index contributed by atoms with van der Waals surface area (Å²) in [4.78, 5) is 31.5. The van der Waals surface area contributed by atoms with Gasteiger partial charge in [0.25, 0.3) is 0 Å². The number of H-pyrrole nitrogens is 1. The second kappa shape index (κ2) is 11.9. The maximum Gasteiger partial charge on any atom is 0.233 e. The number of amides is 1. The minimum absolute atomic E-state index is 0.102. The third-order valence-corrected chi connectivity index (χ3v) is 11.0. The van der Waals surface area contributed by atoms with Crippen LogP contribution in [-0.2, 0) is 10.2 Å². The molecule has 5 heterocycles. The Morgan fingerprint density at radius 1 is 1.00 bits per heavy atom. The zero-order valence-corrected chi connectivity index (χ0v) is 28.0. The van der Waals surface area contributed by atoms with E-state index in [4.69, 9.17) is 10.7 Å². The monoisotopic (exact) mass is 616 g/mol. The van der Waals surface area contributed by atoms with E-state index in [9.17, 15) is 4.79 Å². The fourth-order valence-electron chi connectivity index (χ4n) is 8.45. The fraction of sp³-hybridized carbons (Fsp3) is 0.462. The summed E-state index contributed by atoms with van der Waals surface area (Å²) in [6.45, 7) is 13.1. The number of hydrogen-bond donors (Lipinski definition) is 2. The summed E-state index contributed by atoms with van der Waals surface area (Å²) in [5.74, 6) is 1.43. The van der Waals surface area contributed by atoms with Crippen LogP contribution in [0.2, 0.25) is 0 Å². The van der Waals surface area contributed by atoms with Crippen LogP contribution in [0.15, 0.2) is 65.9 Å². The molecule has 7 heteroatoms. The highest BCUT2D eigenvalue weighted by atomic mass is 16.2. The van der Waals surface area contributed by atoms with E-state index in [-0.39, 0.29) is 11.8 Å². The molecule has 2 unspecified atom stereocenters. The minimum atomic E-state index is -0.610. The summed E-state index contributed by atoms with van der Waals surface area (Å²) in [5.41, 5.74) is 15.5. The molecule has 2 aromatic carbocycles. The molecule has 2 atom stereocenters. The van der Waals surface area contributed by atoms with Crippen LogP contribution in [-0.4, -0.2) is 63.4 Å². The van der Waals surface area contributed by atoms with Gasteiger partial charge in [-0.3, -0.25) is 14.8 Å².